The Kier molecular flexibility index (Phi) is 4.01. The van der Waals surface area contributed by atoms with Gasteiger partial charge in [-0.3, -0.25) is 0 Å². The van der Waals surface area contributed by atoms with Gasteiger partial charge in [-0.15, -0.1) is 0 Å². The van der Waals surface area contributed by atoms with Gasteiger partial charge in [0.2, 0.25) is 0 Å². The van der Waals surface area contributed by atoms with Gasteiger partial charge in [0, 0.05) is 17.1 Å². The minimum absolute atomic E-state index is 0.754. The molecule has 21 heavy (non-hydrogen) atoms. The standard InChI is InChI=1S/C16H18N4S/c17-12-5-1-3-11(9-12)4-2-8-21-16-19-14-7-6-13(18)10-15(14)20-16/h1,3,5-7,9-10H,2,4,8,17-18H2,(H,19,20). The molecule has 5 heteroatoms. The number of hydrogen-bond donors (Lipinski definition) is 3. The summed E-state index contributed by atoms with van der Waals surface area (Å²) in [4.78, 5) is 7.84. The fourth-order valence-corrected chi connectivity index (χ4v) is 3.09. The molecule has 0 atom stereocenters. The first kappa shape index (κ1) is 13.8. The third kappa shape index (κ3) is 3.49. The number of nitrogen functional groups attached to an aromatic ring is 2. The number of aromatic amines is 1. The lowest BCUT2D eigenvalue weighted by atomic mass is 10.1. The lowest BCUT2D eigenvalue weighted by molar-refractivity contribution is 0.929. The van der Waals surface area contributed by atoms with E-state index in [0.29, 0.717) is 0 Å². The van der Waals surface area contributed by atoms with Crippen LogP contribution < -0.4 is 11.5 Å². The van der Waals surface area contributed by atoms with Gasteiger partial charge in [0.1, 0.15) is 0 Å². The summed E-state index contributed by atoms with van der Waals surface area (Å²) in [5.74, 6) is 1.02. The summed E-state index contributed by atoms with van der Waals surface area (Å²) in [6, 6.07) is 13.8. The molecule has 0 saturated heterocycles. The molecule has 108 valence electrons. The molecule has 2 aromatic carbocycles. The normalized spacial score (nSPS) is 11.0. The Bertz CT molecular complexity index is 751. The van der Waals surface area contributed by atoms with Gasteiger partial charge in [0.25, 0.3) is 0 Å². The molecule has 0 bridgehead atoms. The van der Waals surface area contributed by atoms with Crippen molar-refractivity contribution in [1.29, 1.82) is 0 Å². The zero-order valence-electron chi connectivity index (χ0n) is 11.7. The van der Waals surface area contributed by atoms with Crippen molar-refractivity contribution >= 4 is 34.2 Å². The summed E-state index contributed by atoms with van der Waals surface area (Å²) in [6.07, 6.45) is 2.12. The molecule has 0 fully saturated rings. The number of aryl methyl sites for hydroxylation is 1. The van der Waals surface area contributed by atoms with Crippen LogP contribution >= 0.6 is 11.8 Å². The fraction of sp³-hybridized carbons (Fsp3) is 0.188. The van der Waals surface area contributed by atoms with Crippen LogP contribution in [0.15, 0.2) is 47.6 Å². The zero-order valence-corrected chi connectivity index (χ0v) is 12.5. The Labute approximate surface area is 127 Å². The number of nitrogens with zero attached hydrogens (tertiary/aromatic N) is 1. The number of H-pyrrole nitrogens is 1. The first-order valence-electron chi connectivity index (χ1n) is 6.93. The molecule has 3 aromatic rings. The fourth-order valence-electron chi connectivity index (χ4n) is 2.27. The highest BCUT2D eigenvalue weighted by atomic mass is 32.2. The Balaban J connectivity index is 1.54. The molecule has 1 aromatic heterocycles. The smallest absolute Gasteiger partial charge is 0.166 e. The maximum Gasteiger partial charge on any atom is 0.166 e. The van der Waals surface area contributed by atoms with Crippen molar-refractivity contribution in [3.8, 4) is 0 Å². The van der Waals surface area contributed by atoms with Gasteiger partial charge in [-0.25, -0.2) is 4.98 Å². The van der Waals surface area contributed by atoms with Crippen molar-refractivity contribution in [2.75, 3.05) is 17.2 Å². The van der Waals surface area contributed by atoms with E-state index in [-0.39, 0.29) is 0 Å². The molecule has 0 aliphatic rings. The predicted molar refractivity (Wildman–Crippen MR) is 90.4 cm³/mol. The number of imidazole rings is 1. The van der Waals surface area contributed by atoms with Gasteiger partial charge in [0.05, 0.1) is 11.0 Å². The first-order valence-corrected chi connectivity index (χ1v) is 7.92. The van der Waals surface area contributed by atoms with Gasteiger partial charge in [-0.1, -0.05) is 23.9 Å². The average molecular weight is 298 g/mol. The van der Waals surface area contributed by atoms with Gasteiger partial charge >= 0.3 is 0 Å². The van der Waals surface area contributed by atoms with E-state index in [0.717, 1.165) is 46.2 Å². The molecule has 0 amide bonds. The maximum atomic E-state index is 5.78. The van der Waals surface area contributed by atoms with Crippen LogP contribution in [0.3, 0.4) is 0 Å². The largest absolute Gasteiger partial charge is 0.399 e. The molecule has 3 rings (SSSR count). The van der Waals surface area contributed by atoms with Crippen LogP contribution in [-0.4, -0.2) is 15.7 Å². The summed E-state index contributed by atoms with van der Waals surface area (Å²) in [5, 5.41) is 0.947. The van der Waals surface area contributed by atoms with E-state index in [1.165, 1.54) is 5.56 Å². The second-order valence-electron chi connectivity index (χ2n) is 5.02. The van der Waals surface area contributed by atoms with E-state index in [1.54, 1.807) is 11.8 Å². The van der Waals surface area contributed by atoms with Crippen LogP contribution in [0.4, 0.5) is 11.4 Å². The highest BCUT2D eigenvalue weighted by Crippen LogP contribution is 2.22. The third-order valence-electron chi connectivity index (χ3n) is 3.28. The summed E-state index contributed by atoms with van der Waals surface area (Å²) >= 11 is 1.74. The van der Waals surface area contributed by atoms with Gasteiger partial charge < -0.3 is 16.5 Å². The number of anilines is 2. The Morgan fingerprint density at radius 1 is 1.05 bits per heavy atom. The summed E-state index contributed by atoms with van der Waals surface area (Å²) < 4.78 is 0. The van der Waals surface area contributed by atoms with Crippen molar-refractivity contribution < 1.29 is 0 Å². The second kappa shape index (κ2) is 6.10. The topological polar surface area (TPSA) is 80.7 Å². The Morgan fingerprint density at radius 2 is 1.90 bits per heavy atom. The van der Waals surface area contributed by atoms with Crippen molar-refractivity contribution in [2.45, 2.75) is 18.0 Å². The lowest BCUT2D eigenvalue weighted by Crippen LogP contribution is -1.91. The second-order valence-corrected chi connectivity index (χ2v) is 6.10. The van der Waals surface area contributed by atoms with Crippen LogP contribution in [-0.2, 0) is 6.42 Å². The number of benzene rings is 2. The van der Waals surface area contributed by atoms with E-state index in [4.69, 9.17) is 11.5 Å². The van der Waals surface area contributed by atoms with Gasteiger partial charge in [-0.05, 0) is 48.7 Å². The monoisotopic (exact) mass is 298 g/mol. The molecule has 0 saturated carbocycles. The summed E-state index contributed by atoms with van der Waals surface area (Å²) in [7, 11) is 0. The molecule has 0 aliphatic carbocycles. The van der Waals surface area contributed by atoms with E-state index in [9.17, 15) is 0 Å². The molecule has 0 aliphatic heterocycles. The van der Waals surface area contributed by atoms with E-state index in [1.807, 2.05) is 36.4 Å². The van der Waals surface area contributed by atoms with E-state index in [2.05, 4.69) is 16.0 Å². The number of aromatic nitrogens is 2. The summed E-state index contributed by atoms with van der Waals surface area (Å²) in [5.41, 5.74) is 16.4. The molecule has 4 nitrogen and oxygen atoms in total. The zero-order chi connectivity index (χ0) is 14.7. The molecular weight excluding hydrogens is 280 g/mol. The van der Waals surface area contributed by atoms with Gasteiger partial charge in [0.15, 0.2) is 5.16 Å². The Morgan fingerprint density at radius 3 is 2.76 bits per heavy atom. The van der Waals surface area contributed by atoms with Crippen LogP contribution in [0.5, 0.6) is 0 Å². The Hall–Kier alpha value is -2.14. The SMILES string of the molecule is Nc1cccc(CCCSc2nc3ccc(N)cc3[nH]2)c1. The van der Waals surface area contributed by atoms with Crippen LogP contribution in [0.25, 0.3) is 11.0 Å². The van der Waals surface area contributed by atoms with Crippen LogP contribution in [0, 0.1) is 0 Å². The minimum atomic E-state index is 0.754. The van der Waals surface area contributed by atoms with Crippen LogP contribution in [0.2, 0.25) is 0 Å². The predicted octanol–water partition coefficient (Wildman–Crippen LogP) is 3.45. The quantitative estimate of drug-likeness (QED) is 0.383. The molecule has 1 heterocycles. The number of nitrogens with two attached hydrogens (primary N) is 2. The average Bonchev–Trinajstić information content (AvgIpc) is 2.85. The van der Waals surface area contributed by atoms with E-state index < -0.39 is 0 Å². The number of nitrogens with one attached hydrogen (secondary N) is 1. The number of fused-ring (bicyclic) bond motifs is 1. The van der Waals surface area contributed by atoms with Crippen molar-refractivity contribution in [3.63, 3.8) is 0 Å². The van der Waals surface area contributed by atoms with E-state index >= 15 is 0 Å². The molecular formula is C16H18N4S. The number of thioether (sulfide) groups is 1. The molecule has 0 unspecified atom stereocenters. The number of rotatable bonds is 5. The van der Waals surface area contributed by atoms with Crippen molar-refractivity contribution in [2.24, 2.45) is 0 Å². The minimum Gasteiger partial charge on any atom is -0.399 e. The lowest BCUT2D eigenvalue weighted by Gasteiger charge is -2.01. The third-order valence-corrected chi connectivity index (χ3v) is 4.24. The maximum absolute atomic E-state index is 5.78. The highest BCUT2D eigenvalue weighted by molar-refractivity contribution is 7.99. The summed E-state index contributed by atoms with van der Waals surface area (Å²) in [6.45, 7) is 0. The van der Waals surface area contributed by atoms with Crippen LogP contribution in [0.1, 0.15) is 12.0 Å². The number of hydrogen-bond acceptors (Lipinski definition) is 4. The van der Waals surface area contributed by atoms with Crippen molar-refractivity contribution in [1.82, 2.24) is 9.97 Å². The molecule has 0 spiro atoms. The molecule has 0 radical (unpaired) electrons. The van der Waals surface area contributed by atoms with Crippen molar-refractivity contribution in [3.05, 3.63) is 48.0 Å². The van der Waals surface area contributed by atoms with Gasteiger partial charge in [-0.2, -0.15) is 0 Å². The highest BCUT2D eigenvalue weighted by Gasteiger charge is 2.03. The molecule has 5 N–H and O–H groups in total. The first-order chi connectivity index (χ1) is 10.2.